The average molecular weight is 406 g/mol. The van der Waals surface area contributed by atoms with E-state index in [-0.39, 0.29) is 17.9 Å². The molecular formula is C21H17F3O3S. The van der Waals surface area contributed by atoms with Gasteiger partial charge in [-0.3, -0.25) is 0 Å². The first-order valence-corrected chi connectivity index (χ1v) is 9.61. The van der Waals surface area contributed by atoms with E-state index in [0.717, 1.165) is 11.8 Å². The molecule has 0 saturated carbocycles. The van der Waals surface area contributed by atoms with Crippen molar-refractivity contribution in [1.29, 1.82) is 0 Å². The highest BCUT2D eigenvalue weighted by Crippen LogP contribution is 2.37. The van der Waals surface area contributed by atoms with Gasteiger partial charge in [0.15, 0.2) is 0 Å². The second-order valence-corrected chi connectivity index (χ2v) is 6.98. The number of halogens is 3. The van der Waals surface area contributed by atoms with E-state index in [1.54, 1.807) is 48.5 Å². The van der Waals surface area contributed by atoms with E-state index in [1.165, 1.54) is 17.8 Å². The third-order valence-corrected chi connectivity index (χ3v) is 4.78. The molecule has 2 aromatic carbocycles. The Morgan fingerprint density at radius 2 is 1.82 bits per heavy atom. The van der Waals surface area contributed by atoms with E-state index in [9.17, 15) is 18.0 Å². The molecule has 3 aromatic rings. The van der Waals surface area contributed by atoms with Crippen LogP contribution in [0.1, 0.15) is 16.9 Å². The van der Waals surface area contributed by atoms with Gasteiger partial charge in [-0.25, -0.2) is 0 Å². The molecule has 0 N–H and O–H groups in total. The van der Waals surface area contributed by atoms with Crippen LogP contribution in [0, 0.1) is 0 Å². The highest BCUT2D eigenvalue weighted by atomic mass is 32.2. The van der Waals surface area contributed by atoms with Crippen molar-refractivity contribution in [3.8, 4) is 17.1 Å². The molecule has 0 aliphatic heterocycles. The van der Waals surface area contributed by atoms with Crippen LogP contribution in [0.3, 0.4) is 0 Å². The third-order valence-electron chi connectivity index (χ3n) is 3.87. The highest BCUT2D eigenvalue weighted by molar-refractivity contribution is 7.99. The molecule has 28 heavy (non-hydrogen) atoms. The Hall–Kier alpha value is -2.67. The largest absolute Gasteiger partial charge is 0.489 e. The summed E-state index contributed by atoms with van der Waals surface area (Å²) in [5.41, 5.74) is 1.43. The topological polar surface area (TPSA) is 39.4 Å². The van der Waals surface area contributed by atoms with Gasteiger partial charge in [0.25, 0.3) is 0 Å². The Labute approximate surface area is 164 Å². The molecule has 3 nitrogen and oxygen atoms in total. The first-order valence-electron chi connectivity index (χ1n) is 8.46. The average Bonchev–Trinajstić information content (AvgIpc) is 3.13. The SMILES string of the molecule is O=CCSCc1cccc(OCc2cc(-c3ccccc3)oc2C(F)(F)F)c1. The van der Waals surface area contributed by atoms with Crippen LogP contribution in [0.25, 0.3) is 11.3 Å². The molecule has 146 valence electrons. The van der Waals surface area contributed by atoms with E-state index < -0.39 is 11.9 Å². The lowest BCUT2D eigenvalue weighted by atomic mass is 10.1. The van der Waals surface area contributed by atoms with Crippen LogP contribution in [-0.2, 0) is 23.3 Å². The summed E-state index contributed by atoms with van der Waals surface area (Å²) in [4.78, 5) is 10.4. The molecule has 0 fully saturated rings. The van der Waals surface area contributed by atoms with Crippen molar-refractivity contribution < 1.29 is 27.1 Å². The molecule has 3 rings (SSSR count). The van der Waals surface area contributed by atoms with Crippen molar-refractivity contribution >= 4 is 18.0 Å². The van der Waals surface area contributed by atoms with Gasteiger partial charge in [-0.2, -0.15) is 13.2 Å². The molecule has 0 atom stereocenters. The number of alkyl halides is 3. The molecule has 0 unspecified atom stereocenters. The summed E-state index contributed by atoms with van der Waals surface area (Å²) in [6, 6.07) is 17.0. The van der Waals surface area contributed by atoms with Crippen molar-refractivity contribution in [3.63, 3.8) is 0 Å². The van der Waals surface area contributed by atoms with Gasteiger partial charge < -0.3 is 13.9 Å². The van der Waals surface area contributed by atoms with Crippen LogP contribution >= 0.6 is 11.8 Å². The lowest BCUT2D eigenvalue weighted by molar-refractivity contribution is -0.153. The van der Waals surface area contributed by atoms with Crippen molar-refractivity contribution in [1.82, 2.24) is 0 Å². The first kappa shape index (κ1) is 20.1. The quantitative estimate of drug-likeness (QED) is 0.341. The van der Waals surface area contributed by atoms with Gasteiger partial charge in [-0.15, -0.1) is 11.8 Å². The zero-order chi connectivity index (χ0) is 20.0. The number of aldehydes is 1. The number of hydrogen-bond acceptors (Lipinski definition) is 4. The van der Waals surface area contributed by atoms with Crippen molar-refractivity contribution in [2.75, 3.05) is 5.75 Å². The lowest BCUT2D eigenvalue weighted by Crippen LogP contribution is -2.08. The van der Waals surface area contributed by atoms with E-state index in [0.29, 0.717) is 22.8 Å². The van der Waals surface area contributed by atoms with Gasteiger partial charge in [0, 0.05) is 22.6 Å². The monoisotopic (exact) mass is 406 g/mol. The lowest BCUT2D eigenvalue weighted by Gasteiger charge is -2.09. The van der Waals surface area contributed by atoms with Crippen LogP contribution < -0.4 is 4.74 Å². The number of furan rings is 1. The van der Waals surface area contributed by atoms with Crippen LogP contribution in [0.4, 0.5) is 13.2 Å². The van der Waals surface area contributed by atoms with Crippen molar-refractivity contribution in [2.24, 2.45) is 0 Å². The number of carbonyl (C=O) groups is 1. The number of benzene rings is 2. The fourth-order valence-electron chi connectivity index (χ4n) is 2.63. The van der Waals surface area contributed by atoms with Gasteiger partial charge in [-0.05, 0) is 23.8 Å². The summed E-state index contributed by atoms with van der Waals surface area (Å²) in [6.45, 7) is -0.268. The van der Waals surface area contributed by atoms with Crippen LogP contribution in [0.2, 0.25) is 0 Å². The van der Waals surface area contributed by atoms with Gasteiger partial charge in [0.1, 0.15) is 24.4 Å². The van der Waals surface area contributed by atoms with Gasteiger partial charge in [0.2, 0.25) is 5.76 Å². The van der Waals surface area contributed by atoms with Gasteiger partial charge in [0.05, 0.1) is 0 Å². The molecule has 1 heterocycles. The maximum Gasteiger partial charge on any atom is 0.449 e. The molecule has 7 heteroatoms. The van der Waals surface area contributed by atoms with Gasteiger partial charge in [-0.1, -0.05) is 42.5 Å². The summed E-state index contributed by atoms with van der Waals surface area (Å²) in [5.74, 6) is 0.555. The zero-order valence-electron chi connectivity index (χ0n) is 14.7. The Morgan fingerprint density at radius 3 is 2.54 bits per heavy atom. The van der Waals surface area contributed by atoms with Crippen LogP contribution in [0.5, 0.6) is 5.75 Å². The molecule has 0 spiro atoms. The molecular weight excluding hydrogens is 389 g/mol. The Morgan fingerprint density at radius 1 is 1.04 bits per heavy atom. The molecule has 0 saturated heterocycles. The minimum absolute atomic E-state index is 0.0629. The summed E-state index contributed by atoms with van der Waals surface area (Å²) in [5, 5.41) is 0. The van der Waals surface area contributed by atoms with E-state index in [2.05, 4.69) is 0 Å². The second-order valence-electron chi connectivity index (χ2n) is 5.95. The number of carbonyl (C=O) groups excluding carboxylic acids is 1. The maximum atomic E-state index is 13.4. The molecule has 0 aliphatic rings. The van der Waals surface area contributed by atoms with Crippen molar-refractivity contribution in [3.05, 3.63) is 77.6 Å². The van der Waals surface area contributed by atoms with Gasteiger partial charge >= 0.3 is 6.18 Å². The summed E-state index contributed by atoms with van der Waals surface area (Å²) < 4.78 is 50.8. The molecule has 0 radical (unpaired) electrons. The Balaban J connectivity index is 1.77. The third kappa shape index (κ3) is 5.19. The first-order chi connectivity index (χ1) is 13.5. The Bertz CT molecular complexity index is 920. The maximum absolute atomic E-state index is 13.4. The fourth-order valence-corrected chi connectivity index (χ4v) is 3.26. The molecule has 0 aliphatic carbocycles. The smallest absolute Gasteiger partial charge is 0.449 e. The predicted octanol–water partition coefficient (Wildman–Crippen LogP) is 5.98. The summed E-state index contributed by atoms with van der Waals surface area (Å²) in [7, 11) is 0. The molecule has 0 bridgehead atoms. The summed E-state index contributed by atoms with van der Waals surface area (Å²) >= 11 is 1.45. The minimum Gasteiger partial charge on any atom is -0.489 e. The minimum atomic E-state index is -4.61. The fraction of sp³-hybridized carbons (Fsp3) is 0.190. The van der Waals surface area contributed by atoms with E-state index >= 15 is 0 Å². The summed E-state index contributed by atoms with van der Waals surface area (Å²) in [6.07, 6.45) is -3.79. The zero-order valence-corrected chi connectivity index (χ0v) is 15.6. The normalized spacial score (nSPS) is 11.4. The number of hydrogen-bond donors (Lipinski definition) is 0. The van der Waals surface area contributed by atoms with Crippen molar-refractivity contribution in [2.45, 2.75) is 18.5 Å². The van der Waals surface area contributed by atoms with Crippen LogP contribution in [-0.4, -0.2) is 12.0 Å². The number of ether oxygens (including phenoxy) is 1. The van der Waals surface area contributed by atoms with E-state index in [4.69, 9.17) is 9.15 Å². The van der Waals surface area contributed by atoms with Crippen LogP contribution in [0.15, 0.2) is 65.1 Å². The number of rotatable bonds is 8. The molecule has 0 amide bonds. The van der Waals surface area contributed by atoms with E-state index in [1.807, 2.05) is 6.07 Å². The second kappa shape index (κ2) is 9.01. The highest BCUT2D eigenvalue weighted by Gasteiger charge is 2.38. The molecule has 1 aromatic heterocycles. The standard InChI is InChI=1S/C21H17F3O3S/c22-21(23,24)20-17(12-19(27-20)16-6-2-1-3-7-16)13-26-18-8-4-5-15(11-18)14-28-10-9-25/h1-9,11-12H,10,13-14H2. The number of thioether (sulfide) groups is 1. The Kier molecular flexibility index (Phi) is 6.46. The predicted molar refractivity (Wildman–Crippen MR) is 102 cm³/mol.